The number of benzene rings is 2. The molecule has 0 saturated carbocycles. The van der Waals surface area contributed by atoms with Crippen LogP contribution in [-0.4, -0.2) is 34.0 Å². The van der Waals surface area contributed by atoms with Crippen LogP contribution in [0.4, 0.5) is 11.4 Å². The van der Waals surface area contributed by atoms with Gasteiger partial charge in [-0.3, -0.25) is 4.79 Å². The van der Waals surface area contributed by atoms with E-state index in [1.807, 2.05) is 47.4 Å². The van der Waals surface area contributed by atoms with Crippen molar-refractivity contribution in [3.63, 3.8) is 0 Å². The molecule has 1 amide bonds. The Morgan fingerprint density at radius 1 is 1.04 bits per heavy atom. The van der Waals surface area contributed by atoms with Crippen molar-refractivity contribution in [2.45, 2.75) is 6.42 Å². The van der Waals surface area contributed by atoms with Crippen LogP contribution >= 0.6 is 0 Å². The maximum atomic E-state index is 12.5. The molecular formula is C18H17N5O. The molecule has 2 heterocycles. The molecule has 3 aromatic rings. The molecule has 0 aliphatic carbocycles. The summed E-state index contributed by atoms with van der Waals surface area (Å²) in [6.45, 7) is 1.03. The van der Waals surface area contributed by atoms with Crippen LogP contribution in [0.2, 0.25) is 0 Å². The summed E-state index contributed by atoms with van der Waals surface area (Å²) in [6, 6.07) is 15.7. The van der Waals surface area contributed by atoms with Gasteiger partial charge in [-0.25, -0.2) is 0 Å². The van der Waals surface area contributed by atoms with Gasteiger partial charge in [-0.2, -0.15) is 15.0 Å². The Hall–Kier alpha value is -3.15. The number of nitrogens with one attached hydrogen (secondary N) is 1. The van der Waals surface area contributed by atoms with Gasteiger partial charge in [0.25, 0.3) is 0 Å². The van der Waals surface area contributed by atoms with E-state index in [2.05, 4.69) is 21.6 Å². The molecule has 0 radical (unpaired) electrons. The molecule has 120 valence electrons. The van der Waals surface area contributed by atoms with Crippen molar-refractivity contribution >= 4 is 17.3 Å². The van der Waals surface area contributed by atoms with Gasteiger partial charge in [0, 0.05) is 17.9 Å². The lowest BCUT2D eigenvalue weighted by molar-refractivity contribution is -0.116. The molecule has 2 aromatic carbocycles. The molecule has 0 spiro atoms. The number of carbonyl (C=O) groups is 1. The molecule has 1 N–H and O–H groups in total. The van der Waals surface area contributed by atoms with Crippen LogP contribution in [0.1, 0.15) is 5.56 Å². The van der Waals surface area contributed by atoms with E-state index in [4.69, 9.17) is 0 Å². The van der Waals surface area contributed by atoms with Crippen LogP contribution in [0.3, 0.4) is 0 Å². The van der Waals surface area contributed by atoms with Crippen molar-refractivity contribution in [1.29, 1.82) is 0 Å². The Balaban J connectivity index is 1.39. The minimum absolute atomic E-state index is 0.0813. The monoisotopic (exact) mass is 319 g/mol. The van der Waals surface area contributed by atoms with E-state index in [1.165, 1.54) is 5.56 Å². The van der Waals surface area contributed by atoms with Gasteiger partial charge in [0.15, 0.2) is 0 Å². The quantitative estimate of drug-likeness (QED) is 0.801. The zero-order chi connectivity index (χ0) is 16.4. The van der Waals surface area contributed by atoms with Gasteiger partial charge in [0.2, 0.25) is 5.91 Å². The number of anilines is 2. The van der Waals surface area contributed by atoms with Crippen molar-refractivity contribution in [2.24, 2.45) is 0 Å². The van der Waals surface area contributed by atoms with Crippen molar-refractivity contribution in [1.82, 2.24) is 15.0 Å². The summed E-state index contributed by atoms with van der Waals surface area (Å²) in [6.07, 6.45) is 4.20. The van der Waals surface area contributed by atoms with Crippen LogP contribution < -0.4 is 10.2 Å². The molecule has 6 heteroatoms. The number of hydrogen-bond acceptors (Lipinski definition) is 4. The van der Waals surface area contributed by atoms with Gasteiger partial charge in [0.1, 0.15) is 0 Å². The summed E-state index contributed by atoms with van der Waals surface area (Å²) in [4.78, 5) is 15.9. The number of amides is 1. The molecule has 0 saturated heterocycles. The molecule has 1 aliphatic rings. The Kier molecular flexibility index (Phi) is 3.70. The molecule has 1 aromatic heterocycles. The Bertz CT molecular complexity index is 842. The van der Waals surface area contributed by atoms with Crippen LogP contribution in [-0.2, 0) is 11.2 Å². The molecule has 6 nitrogen and oxygen atoms in total. The second-order valence-corrected chi connectivity index (χ2v) is 5.64. The maximum Gasteiger partial charge on any atom is 0.246 e. The van der Waals surface area contributed by atoms with Gasteiger partial charge in [0.05, 0.1) is 24.6 Å². The summed E-state index contributed by atoms with van der Waals surface area (Å²) in [7, 11) is 0. The largest absolute Gasteiger partial charge is 0.376 e. The van der Waals surface area contributed by atoms with Crippen LogP contribution in [0.5, 0.6) is 0 Å². The van der Waals surface area contributed by atoms with Crippen molar-refractivity contribution < 1.29 is 4.79 Å². The van der Waals surface area contributed by atoms with Crippen LogP contribution in [0.25, 0.3) is 5.69 Å². The standard InChI is InChI=1S/C18H17N5O/c24-18(22-12-9-14-3-1-2-4-17(14)22)13-19-15-5-7-16(8-6-15)23-20-10-11-21-23/h1-8,10-11,19H,9,12-13H2. The van der Waals surface area contributed by atoms with Gasteiger partial charge in [-0.1, -0.05) is 18.2 Å². The van der Waals surface area contributed by atoms with Crippen LogP contribution in [0, 0.1) is 0 Å². The first-order valence-electron chi connectivity index (χ1n) is 7.90. The number of rotatable bonds is 4. The van der Waals surface area contributed by atoms with Crippen molar-refractivity contribution in [3.8, 4) is 5.69 Å². The molecule has 0 fully saturated rings. The topological polar surface area (TPSA) is 63.1 Å². The SMILES string of the molecule is O=C(CNc1ccc(-n2nccn2)cc1)N1CCc2ccccc21. The van der Waals surface area contributed by atoms with E-state index in [1.54, 1.807) is 17.2 Å². The van der Waals surface area contributed by atoms with E-state index in [0.717, 1.165) is 30.0 Å². The maximum absolute atomic E-state index is 12.5. The summed E-state index contributed by atoms with van der Waals surface area (Å²) in [5.74, 6) is 0.0813. The molecule has 1 aliphatic heterocycles. The first kappa shape index (κ1) is 14.4. The minimum atomic E-state index is 0.0813. The fraction of sp³-hybridized carbons (Fsp3) is 0.167. The highest BCUT2D eigenvalue weighted by molar-refractivity contribution is 5.98. The number of aromatic nitrogens is 3. The summed E-state index contributed by atoms with van der Waals surface area (Å²) in [5, 5.41) is 11.4. The smallest absolute Gasteiger partial charge is 0.246 e. The third-order valence-electron chi connectivity index (χ3n) is 4.15. The highest BCUT2D eigenvalue weighted by Gasteiger charge is 2.23. The summed E-state index contributed by atoms with van der Waals surface area (Å²) in [5.41, 5.74) is 4.04. The average Bonchev–Trinajstić information content (AvgIpc) is 3.30. The lowest BCUT2D eigenvalue weighted by Gasteiger charge is -2.18. The van der Waals surface area contributed by atoms with E-state index in [9.17, 15) is 4.79 Å². The molecule has 0 unspecified atom stereocenters. The first-order chi connectivity index (χ1) is 11.8. The zero-order valence-electron chi connectivity index (χ0n) is 13.1. The van der Waals surface area contributed by atoms with Gasteiger partial charge >= 0.3 is 0 Å². The van der Waals surface area contributed by atoms with E-state index < -0.39 is 0 Å². The zero-order valence-corrected chi connectivity index (χ0v) is 13.1. The summed E-state index contributed by atoms with van der Waals surface area (Å²) < 4.78 is 0. The highest BCUT2D eigenvalue weighted by Crippen LogP contribution is 2.27. The predicted molar refractivity (Wildman–Crippen MR) is 92.3 cm³/mol. The Morgan fingerprint density at radius 3 is 2.58 bits per heavy atom. The number of carbonyl (C=O) groups excluding carboxylic acids is 1. The molecular weight excluding hydrogens is 302 g/mol. The molecule has 24 heavy (non-hydrogen) atoms. The molecule has 0 bridgehead atoms. The van der Waals surface area contributed by atoms with Gasteiger partial charge in [-0.05, 0) is 42.3 Å². The Morgan fingerprint density at radius 2 is 1.79 bits per heavy atom. The fourth-order valence-corrected chi connectivity index (χ4v) is 2.93. The van der Waals surface area contributed by atoms with E-state index >= 15 is 0 Å². The summed E-state index contributed by atoms with van der Waals surface area (Å²) >= 11 is 0. The van der Waals surface area contributed by atoms with Gasteiger partial charge < -0.3 is 10.2 Å². The minimum Gasteiger partial charge on any atom is -0.376 e. The van der Waals surface area contributed by atoms with E-state index in [-0.39, 0.29) is 12.5 Å². The third kappa shape index (κ3) is 2.74. The number of fused-ring (bicyclic) bond motifs is 1. The highest BCUT2D eigenvalue weighted by atomic mass is 16.2. The second-order valence-electron chi connectivity index (χ2n) is 5.64. The lowest BCUT2D eigenvalue weighted by atomic mass is 10.2. The van der Waals surface area contributed by atoms with E-state index in [0.29, 0.717) is 0 Å². The molecule has 4 rings (SSSR count). The second kappa shape index (κ2) is 6.16. The average molecular weight is 319 g/mol. The Labute approximate surface area is 139 Å². The lowest BCUT2D eigenvalue weighted by Crippen LogP contribution is -2.34. The number of para-hydroxylation sites is 1. The predicted octanol–water partition coefficient (Wildman–Crippen LogP) is 2.27. The number of hydrogen-bond donors (Lipinski definition) is 1. The van der Waals surface area contributed by atoms with Crippen molar-refractivity contribution in [3.05, 3.63) is 66.5 Å². The first-order valence-corrected chi connectivity index (χ1v) is 7.90. The van der Waals surface area contributed by atoms with Crippen molar-refractivity contribution in [2.75, 3.05) is 23.3 Å². The molecule has 0 atom stereocenters. The fourth-order valence-electron chi connectivity index (χ4n) is 2.93. The normalized spacial score (nSPS) is 12.9. The van der Waals surface area contributed by atoms with Crippen LogP contribution in [0.15, 0.2) is 60.9 Å². The van der Waals surface area contributed by atoms with Gasteiger partial charge in [-0.15, -0.1) is 0 Å². The number of nitrogens with zero attached hydrogens (tertiary/aromatic N) is 4. The third-order valence-corrected chi connectivity index (χ3v) is 4.15.